The number of likely N-dealkylation sites (N-methyl/N-ethyl adjacent to an activating group) is 1. The average molecular weight is 281 g/mol. The van der Waals surface area contributed by atoms with Crippen molar-refractivity contribution in [3.05, 3.63) is 42.0 Å². The summed E-state index contributed by atoms with van der Waals surface area (Å²) in [7, 11) is 6.64. The van der Waals surface area contributed by atoms with Crippen LogP contribution in [0.2, 0.25) is 0 Å². The van der Waals surface area contributed by atoms with E-state index in [1.165, 1.54) is 0 Å². The number of hydrogen-bond donors (Lipinski definition) is 0. The van der Waals surface area contributed by atoms with E-state index in [4.69, 9.17) is 0 Å². The van der Waals surface area contributed by atoms with Crippen LogP contribution in [0.25, 0.3) is 6.08 Å². The van der Waals surface area contributed by atoms with Gasteiger partial charge >= 0.3 is 0 Å². The Morgan fingerprint density at radius 3 is 2.00 bits per heavy atom. The van der Waals surface area contributed by atoms with E-state index < -0.39 is 7.59 Å². The first-order chi connectivity index (χ1) is 8.89. The number of hydrogen-bond acceptors (Lipinski definition) is 1. The maximum absolute atomic E-state index is 12.9. The number of rotatable bonds is 6. The van der Waals surface area contributed by atoms with E-state index in [2.05, 4.69) is 0 Å². The number of nitrogens with zero attached hydrogens (tertiary/aromatic N) is 3. The molecule has 0 radical (unpaired) electrons. The van der Waals surface area contributed by atoms with E-state index in [1.807, 2.05) is 82.4 Å². The van der Waals surface area contributed by atoms with Crippen molar-refractivity contribution in [3.8, 4) is 0 Å². The molecule has 1 rings (SSSR count). The largest absolute Gasteiger partial charge is 0.285 e. The van der Waals surface area contributed by atoms with Crippen LogP contribution in [0.3, 0.4) is 0 Å². The Kier molecular flexibility index (Phi) is 5.95. The van der Waals surface area contributed by atoms with Crippen LogP contribution in [0.15, 0.2) is 36.4 Å². The van der Waals surface area contributed by atoms with Crippen molar-refractivity contribution in [2.24, 2.45) is 0 Å². The molecule has 5 heteroatoms. The van der Waals surface area contributed by atoms with Gasteiger partial charge in [-0.15, -0.1) is 0 Å². The second-order valence-corrected chi connectivity index (χ2v) is 8.17. The summed E-state index contributed by atoms with van der Waals surface area (Å²) in [6, 6.07) is 10.1. The third-order valence-corrected chi connectivity index (χ3v) is 6.10. The third kappa shape index (κ3) is 4.02. The summed E-state index contributed by atoms with van der Waals surface area (Å²) >= 11 is 0. The average Bonchev–Trinajstić information content (AvgIpc) is 2.38. The lowest BCUT2D eigenvalue weighted by molar-refractivity contribution is 0.372. The van der Waals surface area contributed by atoms with Crippen molar-refractivity contribution in [2.75, 3.05) is 41.8 Å². The molecule has 1 aromatic rings. The molecule has 0 unspecified atom stereocenters. The van der Waals surface area contributed by atoms with Gasteiger partial charge in [-0.2, -0.15) is 0 Å². The Morgan fingerprint density at radius 1 is 1.00 bits per heavy atom. The van der Waals surface area contributed by atoms with E-state index in [-0.39, 0.29) is 0 Å². The first-order valence-corrected chi connectivity index (χ1v) is 7.84. The molecule has 4 nitrogen and oxygen atoms in total. The summed E-state index contributed by atoms with van der Waals surface area (Å²) in [5.74, 6) is 0. The molecule has 106 valence electrons. The molecule has 0 bridgehead atoms. The zero-order valence-electron chi connectivity index (χ0n) is 12.4. The summed E-state index contributed by atoms with van der Waals surface area (Å²) in [4.78, 5) is 0. The van der Waals surface area contributed by atoms with E-state index in [0.29, 0.717) is 6.54 Å². The summed E-state index contributed by atoms with van der Waals surface area (Å²) < 4.78 is 18.3. The molecule has 0 atom stereocenters. The highest BCUT2D eigenvalue weighted by Gasteiger charge is 2.32. The van der Waals surface area contributed by atoms with Crippen LogP contribution in [0.1, 0.15) is 5.56 Å². The highest BCUT2D eigenvalue weighted by atomic mass is 31.2. The van der Waals surface area contributed by atoms with Gasteiger partial charge in [-0.25, -0.2) is 14.0 Å². The Hall–Kier alpha value is -0.930. The van der Waals surface area contributed by atoms with E-state index in [9.17, 15) is 4.57 Å². The molecule has 0 aliphatic rings. The van der Waals surface area contributed by atoms with Crippen molar-refractivity contribution < 1.29 is 4.57 Å². The van der Waals surface area contributed by atoms with Crippen LogP contribution in [-0.2, 0) is 4.57 Å². The fraction of sp³-hybridized carbons (Fsp3) is 0.429. The molecule has 0 heterocycles. The van der Waals surface area contributed by atoms with Gasteiger partial charge in [0.15, 0.2) is 0 Å². The minimum atomic E-state index is -2.63. The lowest BCUT2D eigenvalue weighted by atomic mass is 10.2. The molecular weight excluding hydrogens is 257 g/mol. The van der Waals surface area contributed by atoms with Gasteiger partial charge < -0.3 is 0 Å². The van der Waals surface area contributed by atoms with Gasteiger partial charge in [0.05, 0.1) is 0 Å². The van der Waals surface area contributed by atoms with E-state index in [0.717, 1.165) is 5.56 Å². The fourth-order valence-corrected chi connectivity index (χ4v) is 4.22. The molecule has 0 saturated carbocycles. The van der Waals surface area contributed by atoms with Crippen molar-refractivity contribution >= 4 is 13.7 Å². The molecule has 0 spiro atoms. The van der Waals surface area contributed by atoms with Crippen LogP contribution >= 0.6 is 7.59 Å². The first kappa shape index (κ1) is 16.1. The molecular formula is C14H24N3OP. The highest BCUT2D eigenvalue weighted by Crippen LogP contribution is 2.51. The minimum Gasteiger partial charge on any atom is -0.270 e. The maximum atomic E-state index is 12.9. The summed E-state index contributed by atoms with van der Waals surface area (Å²) in [5, 5.41) is 0. The van der Waals surface area contributed by atoms with Gasteiger partial charge in [0, 0.05) is 6.54 Å². The van der Waals surface area contributed by atoms with Crippen LogP contribution in [0.5, 0.6) is 0 Å². The zero-order chi connectivity index (χ0) is 14.5. The van der Waals surface area contributed by atoms with E-state index >= 15 is 0 Å². The molecule has 0 saturated heterocycles. The van der Waals surface area contributed by atoms with E-state index in [1.54, 1.807) is 9.34 Å². The molecule has 19 heavy (non-hydrogen) atoms. The van der Waals surface area contributed by atoms with Gasteiger partial charge in [0.25, 0.3) is 7.59 Å². The van der Waals surface area contributed by atoms with Crippen LogP contribution in [0, 0.1) is 0 Å². The number of benzene rings is 1. The minimum absolute atomic E-state index is 0.641. The molecule has 0 aromatic heterocycles. The SMILES string of the molecule is CN(C)P(=O)(N(C)C)N(C)C/C=C/c1ccccc1. The van der Waals surface area contributed by atoms with Crippen LogP contribution in [-0.4, -0.2) is 55.8 Å². The summed E-state index contributed by atoms with van der Waals surface area (Å²) in [6.07, 6.45) is 4.08. The Morgan fingerprint density at radius 2 is 1.53 bits per heavy atom. The fourth-order valence-electron chi connectivity index (χ4n) is 1.98. The Bertz CT molecular complexity index is 445. The molecule has 0 N–H and O–H groups in total. The lowest BCUT2D eigenvalue weighted by Gasteiger charge is -2.36. The van der Waals surface area contributed by atoms with Gasteiger partial charge in [-0.05, 0) is 40.8 Å². The Labute approximate surface area is 116 Å². The predicted octanol–water partition coefficient (Wildman–Crippen LogP) is 2.86. The zero-order valence-corrected chi connectivity index (χ0v) is 13.3. The monoisotopic (exact) mass is 281 g/mol. The second kappa shape index (κ2) is 7.01. The molecule has 0 amide bonds. The summed E-state index contributed by atoms with van der Waals surface area (Å²) in [5.41, 5.74) is 1.15. The maximum Gasteiger partial charge on any atom is 0.285 e. The summed E-state index contributed by atoms with van der Waals surface area (Å²) in [6.45, 7) is 0.641. The molecule has 0 fully saturated rings. The molecule has 1 aromatic carbocycles. The quantitative estimate of drug-likeness (QED) is 0.749. The van der Waals surface area contributed by atoms with Gasteiger partial charge in [0.1, 0.15) is 0 Å². The molecule has 0 aliphatic heterocycles. The molecule has 0 aliphatic carbocycles. The third-order valence-electron chi connectivity index (χ3n) is 2.97. The van der Waals surface area contributed by atoms with Gasteiger partial charge in [-0.3, -0.25) is 4.57 Å². The van der Waals surface area contributed by atoms with Crippen molar-refractivity contribution in [3.63, 3.8) is 0 Å². The van der Waals surface area contributed by atoms with Gasteiger partial charge in [-0.1, -0.05) is 42.5 Å². The van der Waals surface area contributed by atoms with Crippen molar-refractivity contribution in [1.29, 1.82) is 0 Å². The smallest absolute Gasteiger partial charge is 0.270 e. The highest BCUT2D eigenvalue weighted by molar-refractivity contribution is 7.56. The van der Waals surface area contributed by atoms with Gasteiger partial charge in [0.2, 0.25) is 0 Å². The van der Waals surface area contributed by atoms with Crippen LogP contribution < -0.4 is 0 Å². The lowest BCUT2D eigenvalue weighted by Crippen LogP contribution is -2.32. The first-order valence-electron chi connectivity index (χ1n) is 6.28. The van der Waals surface area contributed by atoms with Crippen LogP contribution in [0.4, 0.5) is 0 Å². The Balaban J connectivity index is 2.72. The normalized spacial score (nSPS) is 13.1. The van der Waals surface area contributed by atoms with Crippen molar-refractivity contribution in [1.82, 2.24) is 14.0 Å². The second-order valence-electron chi connectivity index (χ2n) is 4.86. The predicted molar refractivity (Wildman–Crippen MR) is 83.1 cm³/mol. The standard InChI is InChI=1S/C14H24N3OP/c1-15(2)19(18,16(3)4)17(5)13-9-12-14-10-7-6-8-11-14/h6-12H,13H2,1-5H3/b12-9+. The van der Waals surface area contributed by atoms with Crippen molar-refractivity contribution in [2.45, 2.75) is 0 Å². The topological polar surface area (TPSA) is 26.8 Å².